The number of rotatable bonds is 2. The summed E-state index contributed by atoms with van der Waals surface area (Å²) in [6.07, 6.45) is 0. The zero-order valence-corrected chi connectivity index (χ0v) is 12.3. The molecule has 2 fully saturated rings. The maximum atomic E-state index is 12.5. The van der Waals surface area contributed by atoms with Crippen molar-refractivity contribution in [2.45, 2.75) is 26.8 Å². The third-order valence-electron chi connectivity index (χ3n) is 5.03. The fourth-order valence-corrected chi connectivity index (χ4v) is 3.64. The molecule has 3 atom stereocenters. The lowest BCUT2D eigenvalue weighted by Crippen LogP contribution is -2.38. The lowest BCUT2D eigenvalue weighted by molar-refractivity contribution is -0.145. The van der Waals surface area contributed by atoms with Crippen LogP contribution in [0.15, 0.2) is 24.3 Å². The molecule has 3 unspecified atom stereocenters. The molecule has 1 aliphatic heterocycles. The number of imidazole rings is 1. The fraction of sp³-hybridized carbons (Fsp3) is 0.438. The van der Waals surface area contributed by atoms with Gasteiger partial charge in [-0.3, -0.25) is 14.5 Å². The summed E-state index contributed by atoms with van der Waals surface area (Å²) < 4.78 is 0. The molecule has 0 bridgehead atoms. The van der Waals surface area contributed by atoms with Gasteiger partial charge in [0.05, 0.1) is 28.9 Å². The Labute approximate surface area is 122 Å². The lowest BCUT2D eigenvalue weighted by Gasteiger charge is -2.25. The van der Waals surface area contributed by atoms with E-state index in [2.05, 4.69) is 9.97 Å². The first-order valence-electron chi connectivity index (χ1n) is 7.24. The van der Waals surface area contributed by atoms with Crippen molar-refractivity contribution in [3.05, 3.63) is 30.1 Å². The number of hydrogen-bond acceptors (Lipinski definition) is 3. The molecule has 2 heterocycles. The first-order valence-corrected chi connectivity index (χ1v) is 7.24. The minimum Gasteiger partial charge on any atom is -0.340 e. The van der Waals surface area contributed by atoms with Crippen LogP contribution < -0.4 is 0 Å². The highest BCUT2D eigenvalue weighted by molar-refractivity contribution is 6.10. The van der Waals surface area contributed by atoms with Crippen LogP contribution in [0.5, 0.6) is 0 Å². The molecule has 1 N–H and O–H groups in total. The second kappa shape index (κ2) is 3.72. The molecule has 21 heavy (non-hydrogen) atoms. The number of aromatic amines is 1. The summed E-state index contributed by atoms with van der Waals surface area (Å²) in [6, 6.07) is 7.35. The fourth-order valence-electron chi connectivity index (χ4n) is 3.64. The van der Waals surface area contributed by atoms with Crippen LogP contribution >= 0.6 is 0 Å². The van der Waals surface area contributed by atoms with E-state index in [0.29, 0.717) is 5.82 Å². The van der Waals surface area contributed by atoms with Crippen LogP contribution in [0.25, 0.3) is 11.0 Å². The first-order chi connectivity index (χ1) is 9.93. The molecule has 5 nitrogen and oxygen atoms in total. The van der Waals surface area contributed by atoms with Crippen LogP contribution in [-0.4, -0.2) is 26.7 Å². The summed E-state index contributed by atoms with van der Waals surface area (Å²) in [4.78, 5) is 34.0. The molecule has 1 saturated heterocycles. The van der Waals surface area contributed by atoms with Crippen molar-refractivity contribution in [3.63, 3.8) is 0 Å². The summed E-state index contributed by atoms with van der Waals surface area (Å²) in [5, 5.41) is 0. The van der Waals surface area contributed by atoms with Crippen LogP contribution in [0.2, 0.25) is 0 Å². The second-order valence-electron chi connectivity index (χ2n) is 6.64. The molecule has 0 spiro atoms. The number of carbonyl (C=O) groups excluding carboxylic acids is 2. The van der Waals surface area contributed by atoms with Crippen LogP contribution in [-0.2, 0) is 9.59 Å². The third kappa shape index (κ3) is 1.49. The number of amides is 2. The van der Waals surface area contributed by atoms with E-state index in [-0.39, 0.29) is 35.1 Å². The number of likely N-dealkylation sites (tertiary alicyclic amines) is 1. The van der Waals surface area contributed by atoms with Crippen LogP contribution in [0.1, 0.15) is 32.6 Å². The Morgan fingerprint density at radius 1 is 1.19 bits per heavy atom. The molecule has 0 radical (unpaired) electrons. The Kier molecular flexibility index (Phi) is 2.23. The molecule has 5 heteroatoms. The average molecular weight is 283 g/mol. The number of aromatic nitrogens is 2. The van der Waals surface area contributed by atoms with E-state index in [0.717, 1.165) is 11.0 Å². The van der Waals surface area contributed by atoms with Crippen molar-refractivity contribution in [3.8, 4) is 0 Å². The molecule has 2 aromatic rings. The monoisotopic (exact) mass is 283 g/mol. The highest BCUT2D eigenvalue weighted by atomic mass is 16.2. The van der Waals surface area contributed by atoms with E-state index in [4.69, 9.17) is 0 Å². The van der Waals surface area contributed by atoms with Gasteiger partial charge < -0.3 is 4.98 Å². The number of nitrogens with one attached hydrogen (secondary N) is 1. The van der Waals surface area contributed by atoms with Crippen molar-refractivity contribution in [2.24, 2.45) is 17.3 Å². The zero-order chi connectivity index (χ0) is 14.9. The number of piperidine rings is 1. The van der Waals surface area contributed by atoms with Gasteiger partial charge in [-0.05, 0) is 24.5 Å². The minimum atomic E-state index is -0.346. The Morgan fingerprint density at radius 2 is 1.81 bits per heavy atom. The number of hydrogen-bond donors (Lipinski definition) is 1. The normalized spacial score (nSPS) is 28.0. The van der Waals surface area contributed by atoms with E-state index >= 15 is 0 Å². The predicted molar refractivity (Wildman–Crippen MR) is 77.1 cm³/mol. The van der Waals surface area contributed by atoms with Crippen molar-refractivity contribution in [1.82, 2.24) is 14.9 Å². The van der Waals surface area contributed by atoms with Crippen LogP contribution in [0.3, 0.4) is 0 Å². The zero-order valence-electron chi connectivity index (χ0n) is 12.3. The molecule has 4 rings (SSSR count). The van der Waals surface area contributed by atoms with Gasteiger partial charge in [-0.15, -0.1) is 0 Å². The second-order valence-corrected chi connectivity index (χ2v) is 6.64. The van der Waals surface area contributed by atoms with Gasteiger partial charge in [0.2, 0.25) is 11.8 Å². The summed E-state index contributed by atoms with van der Waals surface area (Å²) in [5.74, 6) is 0.275. The summed E-state index contributed by atoms with van der Waals surface area (Å²) >= 11 is 0. The number of carbonyl (C=O) groups is 2. The van der Waals surface area contributed by atoms with Gasteiger partial charge in [-0.25, -0.2) is 4.98 Å². The van der Waals surface area contributed by atoms with E-state index < -0.39 is 0 Å². The van der Waals surface area contributed by atoms with E-state index in [1.165, 1.54) is 4.90 Å². The van der Waals surface area contributed by atoms with E-state index in [1.54, 1.807) is 0 Å². The highest BCUT2D eigenvalue weighted by Gasteiger charge is 2.73. The Bertz CT molecular complexity index is 720. The molecular weight excluding hydrogens is 266 g/mol. The van der Waals surface area contributed by atoms with Crippen molar-refractivity contribution in [2.75, 3.05) is 0 Å². The van der Waals surface area contributed by atoms with Gasteiger partial charge >= 0.3 is 0 Å². The van der Waals surface area contributed by atoms with Gasteiger partial charge in [0.1, 0.15) is 5.82 Å². The van der Waals surface area contributed by atoms with Crippen molar-refractivity contribution < 1.29 is 9.59 Å². The highest BCUT2D eigenvalue weighted by Crippen LogP contribution is 2.64. The Hall–Kier alpha value is -2.17. The van der Waals surface area contributed by atoms with Gasteiger partial charge in [0, 0.05) is 0 Å². The standard InChI is InChI=1S/C16H17N3O2/c1-8(13-17-9-6-4-5-7-10(9)18-13)19-14(20)11-12(15(19)21)16(11,2)3/h4-8,11-12H,1-3H3,(H,17,18). The smallest absolute Gasteiger partial charge is 0.234 e. The maximum Gasteiger partial charge on any atom is 0.234 e. The van der Waals surface area contributed by atoms with Gasteiger partial charge in [0.15, 0.2) is 0 Å². The molecule has 1 aromatic heterocycles. The van der Waals surface area contributed by atoms with Gasteiger partial charge in [0.25, 0.3) is 0 Å². The third-order valence-corrected chi connectivity index (χ3v) is 5.03. The summed E-state index contributed by atoms with van der Waals surface area (Å²) in [7, 11) is 0. The summed E-state index contributed by atoms with van der Waals surface area (Å²) in [6.45, 7) is 5.83. The number of imide groups is 1. The largest absolute Gasteiger partial charge is 0.340 e. The van der Waals surface area contributed by atoms with Gasteiger partial charge in [-0.1, -0.05) is 26.0 Å². The van der Waals surface area contributed by atoms with Crippen LogP contribution in [0.4, 0.5) is 0 Å². The summed E-state index contributed by atoms with van der Waals surface area (Å²) in [5.41, 5.74) is 1.60. The topological polar surface area (TPSA) is 66.1 Å². The molecule has 108 valence electrons. The predicted octanol–water partition coefficient (Wildman–Crippen LogP) is 2.26. The number of H-pyrrole nitrogens is 1. The van der Waals surface area contributed by atoms with Crippen LogP contribution in [0, 0.1) is 17.3 Å². The Morgan fingerprint density at radius 3 is 2.43 bits per heavy atom. The van der Waals surface area contributed by atoms with Crippen molar-refractivity contribution in [1.29, 1.82) is 0 Å². The molecule has 1 saturated carbocycles. The molecule has 2 amide bonds. The SMILES string of the molecule is CC(c1nc2ccccc2[nH]1)N1C(=O)C2C(C1=O)C2(C)C. The lowest BCUT2D eigenvalue weighted by atomic mass is 10.0. The molecular formula is C16H17N3O2. The number of para-hydroxylation sites is 2. The molecule has 1 aromatic carbocycles. The minimum absolute atomic E-state index is 0.0528. The number of nitrogens with zero attached hydrogens (tertiary/aromatic N) is 2. The van der Waals surface area contributed by atoms with Crippen molar-refractivity contribution >= 4 is 22.8 Å². The van der Waals surface area contributed by atoms with E-state index in [9.17, 15) is 9.59 Å². The molecule has 1 aliphatic carbocycles. The maximum absolute atomic E-state index is 12.5. The molecule has 2 aliphatic rings. The number of benzene rings is 1. The number of fused-ring (bicyclic) bond motifs is 2. The quantitative estimate of drug-likeness (QED) is 0.860. The Balaban J connectivity index is 1.68. The van der Waals surface area contributed by atoms with Gasteiger partial charge in [-0.2, -0.15) is 0 Å². The average Bonchev–Trinajstić information content (AvgIpc) is 2.76. The van der Waals surface area contributed by atoms with E-state index in [1.807, 2.05) is 45.0 Å². The first kappa shape index (κ1) is 12.6.